The summed E-state index contributed by atoms with van der Waals surface area (Å²) in [6, 6.07) is 4.52. The molecule has 0 heterocycles. The molecule has 2 atom stereocenters. The van der Waals surface area contributed by atoms with Gasteiger partial charge in [-0.1, -0.05) is 18.9 Å². The van der Waals surface area contributed by atoms with E-state index in [1.54, 1.807) is 12.1 Å². The van der Waals surface area contributed by atoms with Gasteiger partial charge in [-0.15, -0.1) is 0 Å². The summed E-state index contributed by atoms with van der Waals surface area (Å²) in [5.41, 5.74) is 0.164. The van der Waals surface area contributed by atoms with E-state index >= 15 is 0 Å². The van der Waals surface area contributed by atoms with Gasteiger partial charge >= 0.3 is 0 Å². The lowest BCUT2D eigenvalue weighted by Crippen LogP contribution is -2.45. The van der Waals surface area contributed by atoms with Gasteiger partial charge in [-0.3, -0.25) is 4.79 Å². The number of nitrogens with one attached hydrogen (secondary N) is 1. The van der Waals surface area contributed by atoms with Crippen molar-refractivity contribution in [2.45, 2.75) is 37.8 Å². The van der Waals surface area contributed by atoms with Gasteiger partial charge in [0.1, 0.15) is 0 Å². The molecule has 2 rings (SSSR count). The van der Waals surface area contributed by atoms with Crippen LogP contribution in [0.5, 0.6) is 11.5 Å². The van der Waals surface area contributed by atoms with E-state index in [0.29, 0.717) is 6.42 Å². The molecule has 19 heavy (non-hydrogen) atoms. The number of carbonyl (C=O) groups is 1. The maximum absolute atomic E-state index is 12.1. The SMILES string of the molecule is COc1cccc(C(=O)N[C@H]2CCCC[C@@H]2O)c1O. The number of carbonyl (C=O) groups excluding carboxylic acids is 1. The molecular formula is C14H19NO4. The summed E-state index contributed by atoms with van der Waals surface area (Å²) < 4.78 is 4.97. The Kier molecular flexibility index (Phi) is 4.27. The minimum atomic E-state index is -0.509. The molecule has 0 aliphatic heterocycles. The van der Waals surface area contributed by atoms with Gasteiger partial charge in [-0.05, 0) is 25.0 Å². The Labute approximate surface area is 112 Å². The number of hydrogen-bond acceptors (Lipinski definition) is 4. The van der Waals surface area contributed by atoms with Crippen LogP contribution in [0, 0.1) is 0 Å². The lowest BCUT2D eigenvalue weighted by Gasteiger charge is -2.28. The Morgan fingerprint density at radius 1 is 1.37 bits per heavy atom. The molecule has 0 aromatic heterocycles. The number of rotatable bonds is 3. The maximum Gasteiger partial charge on any atom is 0.255 e. The van der Waals surface area contributed by atoms with Crippen molar-refractivity contribution in [3.8, 4) is 11.5 Å². The molecule has 0 bridgehead atoms. The zero-order valence-corrected chi connectivity index (χ0v) is 10.9. The number of benzene rings is 1. The number of phenolic OH excluding ortho intramolecular Hbond substituents is 1. The number of aromatic hydroxyl groups is 1. The first-order valence-corrected chi connectivity index (χ1v) is 6.48. The molecule has 1 fully saturated rings. The molecule has 1 saturated carbocycles. The van der Waals surface area contributed by atoms with Gasteiger partial charge in [0.15, 0.2) is 11.5 Å². The van der Waals surface area contributed by atoms with E-state index < -0.39 is 6.10 Å². The molecule has 1 aromatic rings. The van der Waals surface area contributed by atoms with Crippen LogP contribution in [0.15, 0.2) is 18.2 Å². The Morgan fingerprint density at radius 2 is 2.11 bits per heavy atom. The summed E-state index contributed by atoms with van der Waals surface area (Å²) in [6.07, 6.45) is 2.93. The fraction of sp³-hybridized carbons (Fsp3) is 0.500. The molecule has 0 spiro atoms. The van der Waals surface area contributed by atoms with Crippen molar-refractivity contribution in [1.82, 2.24) is 5.32 Å². The van der Waals surface area contributed by atoms with Gasteiger partial charge in [0.25, 0.3) is 5.91 Å². The lowest BCUT2D eigenvalue weighted by atomic mass is 9.92. The van der Waals surface area contributed by atoms with Gasteiger partial charge in [-0.25, -0.2) is 0 Å². The second-order valence-electron chi connectivity index (χ2n) is 4.79. The number of aliphatic hydroxyl groups is 1. The Hall–Kier alpha value is -1.75. The van der Waals surface area contributed by atoms with Crippen LogP contribution in [-0.4, -0.2) is 35.4 Å². The van der Waals surface area contributed by atoms with Crippen LogP contribution in [0.4, 0.5) is 0 Å². The Bertz CT molecular complexity index is 461. The van der Waals surface area contributed by atoms with Crippen molar-refractivity contribution < 1.29 is 19.7 Å². The second kappa shape index (κ2) is 5.93. The molecule has 0 saturated heterocycles. The highest BCUT2D eigenvalue weighted by molar-refractivity contribution is 5.97. The van der Waals surface area contributed by atoms with Gasteiger partial charge in [0.2, 0.25) is 0 Å². The third kappa shape index (κ3) is 2.98. The summed E-state index contributed by atoms with van der Waals surface area (Å²) in [4.78, 5) is 12.1. The molecule has 1 aliphatic rings. The van der Waals surface area contributed by atoms with E-state index in [1.165, 1.54) is 13.2 Å². The van der Waals surface area contributed by atoms with Gasteiger partial charge in [0, 0.05) is 0 Å². The first kappa shape index (κ1) is 13.7. The van der Waals surface area contributed by atoms with Crippen LogP contribution in [-0.2, 0) is 0 Å². The number of ether oxygens (including phenoxy) is 1. The first-order valence-electron chi connectivity index (χ1n) is 6.48. The zero-order valence-electron chi connectivity index (χ0n) is 10.9. The highest BCUT2D eigenvalue weighted by Gasteiger charge is 2.26. The largest absolute Gasteiger partial charge is 0.504 e. The van der Waals surface area contributed by atoms with E-state index in [4.69, 9.17) is 4.74 Å². The summed E-state index contributed by atoms with van der Waals surface area (Å²) >= 11 is 0. The molecule has 104 valence electrons. The molecule has 3 N–H and O–H groups in total. The van der Waals surface area contributed by atoms with E-state index in [-0.39, 0.29) is 29.0 Å². The predicted molar refractivity (Wildman–Crippen MR) is 70.4 cm³/mol. The zero-order chi connectivity index (χ0) is 13.8. The summed E-state index contributed by atoms with van der Waals surface area (Å²) in [5.74, 6) is -0.299. The van der Waals surface area contributed by atoms with E-state index in [2.05, 4.69) is 5.32 Å². The number of amides is 1. The average Bonchev–Trinajstić information content (AvgIpc) is 2.41. The molecule has 0 radical (unpaired) electrons. The average molecular weight is 265 g/mol. The van der Waals surface area contributed by atoms with Crippen molar-refractivity contribution in [3.05, 3.63) is 23.8 Å². The van der Waals surface area contributed by atoms with Crippen molar-refractivity contribution in [2.24, 2.45) is 0 Å². The third-order valence-electron chi connectivity index (χ3n) is 3.51. The molecular weight excluding hydrogens is 246 g/mol. The summed E-state index contributed by atoms with van der Waals surface area (Å²) in [5, 5.41) is 22.5. The topological polar surface area (TPSA) is 78.8 Å². The second-order valence-corrected chi connectivity index (χ2v) is 4.79. The van der Waals surface area contributed by atoms with Crippen molar-refractivity contribution in [2.75, 3.05) is 7.11 Å². The van der Waals surface area contributed by atoms with Crippen molar-refractivity contribution >= 4 is 5.91 Å². The minimum absolute atomic E-state index is 0.164. The van der Waals surface area contributed by atoms with Crippen molar-refractivity contribution in [1.29, 1.82) is 0 Å². The number of methoxy groups -OCH3 is 1. The molecule has 1 aromatic carbocycles. The fourth-order valence-electron chi connectivity index (χ4n) is 2.40. The van der Waals surface area contributed by atoms with Gasteiger partial charge < -0.3 is 20.3 Å². The third-order valence-corrected chi connectivity index (χ3v) is 3.51. The smallest absolute Gasteiger partial charge is 0.255 e. The predicted octanol–water partition coefficient (Wildman–Crippen LogP) is 1.43. The summed E-state index contributed by atoms with van der Waals surface area (Å²) in [6.45, 7) is 0. The lowest BCUT2D eigenvalue weighted by molar-refractivity contribution is 0.0715. The number of hydrogen-bond donors (Lipinski definition) is 3. The standard InChI is InChI=1S/C14H19NO4/c1-19-12-8-4-5-9(13(12)17)14(18)15-10-6-2-3-7-11(10)16/h4-5,8,10-11,16-17H,2-3,6-7H2,1H3,(H,15,18)/t10-,11-/m0/s1. The number of aliphatic hydroxyl groups excluding tert-OH is 1. The highest BCUT2D eigenvalue weighted by atomic mass is 16.5. The van der Waals surface area contributed by atoms with Crippen LogP contribution in [0.3, 0.4) is 0 Å². The molecule has 1 aliphatic carbocycles. The summed E-state index contributed by atoms with van der Waals surface area (Å²) in [7, 11) is 1.43. The minimum Gasteiger partial charge on any atom is -0.504 e. The Balaban J connectivity index is 2.11. The quantitative estimate of drug-likeness (QED) is 0.772. The number of phenols is 1. The molecule has 0 unspecified atom stereocenters. The normalized spacial score (nSPS) is 22.8. The van der Waals surface area contributed by atoms with Gasteiger partial charge in [-0.2, -0.15) is 0 Å². The van der Waals surface area contributed by atoms with E-state index in [1.807, 2.05) is 0 Å². The van der Waals surface area contributed by atoms with Crippen LogP contribution >= 0.6 is 0 Å². The van der Waals surface area contributed by atoms with Gasteiger partial charge in [0.05, 0.1) is 24.8 Å². The maximum atomic E-state index is 12.1. The van der Waals surface area contributed by atoms with Crippen LogP contribution in [0.1, 0.15) is 36.0 Å². The number of para-hydroxylation sites is 1. The highest BCUT2D eigenvalue weighted by Crippen LogP contribution is 2.29. The van der Waals surface area contributed by atoms with Crippen LogP contribution < -0.4 is 10.1 Å². The van der Waals surface area contributed by atoms with Crippen molar-refractivity contribution in [3.63, 3.8) is 0 Å². The Morgan fingerprint density at radius 3 is 2.79 bits per heavy atom. The van der Waals surface area contributed by atoms with Crippen LogP contribution in [0.2, 0.25) is 0 Å². The monoisotopic (exact) mass is 265 g/mol. The molecule has 5 nitrogen and oxygen atoms in total. The molecule has 5 heteroatoms. The van der Waals surface area contributed by atoms with Crippen LogP contribution in [0.25, 0.3) is 0 Å². The fourth-order valence-corrected chi connectivity index (χ4v) is 2.40. The molecule has 1 amide bonds. The first-order chi connectivity index (χ1) is 9.13. The van der Waals surface area contributed by atoms with E-state index in [0.717, 1.165) is 19.3 Å². The van der Waals surface area contributed by atoms with E-state index in [9.17, 15) is 15.0 Å².